The molecule has 0 aliphatic heterocycles. The molecule has 0 saturated heterocycles. The molecule has 2 aromatic carbocycles. The highest BCUT2D eigenvalue weighted by Crippen LogP contribution is 2.32. The molecular weight excluding hydrogens is 432 g/mol. The second kappa shape index (κ2) is 8.51. The standard InChI is InChI=1S/C23H22N2O6S/c1-14-5-10-21(15(2)11-14)32(26,27)13-17-7-9-19(30-17)23-24-22(25-31-23)16-6-8-18(28-3)20(12-16)29-4/h5-12H,13H2,1-4H3. The summed E-state index contributed by atoms with van der Waals surface area (Å²) >= 11 is 0. The van der Waals surface area contributed by atoms with Crippen molar-refractivity contribution in [1.82, 2.24) is 10.1 Å². The number of hydrogen-bond acceptors (Lipinski definition) is 8. The van der Waals surface area contributed by atoms with Crippen LogP contribution in [0.3, 0.4) is 0 Å². The number of rotatable bonds is 7. The van der Waals surface area contributed by atoms with Gasteiger partial charge >= 0.3 is 0 Å². The molecule has 0 radical (unpaired) electrons. The van der Waals surface area contributed by atoms with E-state index in [2.05, 4.69) is 10.1 Å². The minimum Gasteiger partial charge on any atom is -0.493 e. The lowest BCUT2D eigenvalue weighted by molar-refractivity contribution is 0.355. The predicted molar refractivity (Wildman–Crippen MR) is 117 cm³/mol. The van der Waals surface area contributed by atoms with Crippen molar-refractivity contribution in [3.8, 4) is 34.5 Å². The first-order valence-corrected chi connectivity index (χ1v) is 11.4. The molecule has 8 nitrogen and oxygen atoms in total. The van der Waals surface area contributed by atoms with Crippen LogP contribution in [-0.2, 0) is 15.6 Å². The Balaban J connectivity index is 1.57. The third-order valence-electron chi connectivity index (χ3n) is 4.94. The lowest BCUT2D eigenvalue weighted by Crippen LogP contribution is -2.06. The van der Waals surface area contributed by atoms with Gasteiger partial charge in [0.1, 0.15) is 11.5 Å². The molecule has 0 atom stereocenters. The highest BCUT2D eigenvalue weighted by atomic mass is 32.2. The molecule has 4 aromatic rings. The third-order valence-corrected chi connectivity index (χ3v) is 6.73. The van der Waals surface area contributed by atoms with E-state index in [4.69, 9.17) is 18.4 Å². The number of hydrogen-bond donors (Lipinski definition) is 0. The molecule has 0 aliphatic carbocycles. The average Bonchev–Trinajstić information content (AvgIpc) is 3.42. The zero-order valence-corrected chi connectivity index (χ0v) is 18.9. The average molecular weight is 455 g/mol. The van der Waals surface area contributed by atoms with Gasteiger partial charge in [-0.3, -0.25) is 0 Å². The number of sulfone groups is 1. The molecular formula is C23H22N2O6S. The zero-order valence-electron chi connectivity index (χ0n) is 18.1. The number of methoxy groups -OCH3 is 2. The summed E-state index contributed by atoms with van der Waals surface area (Å²) < 4.78 is 47.3. The normalized spacial score (nSPS) is 11.5. The third kappa shape index (κ3) is 4.24. The van der Waals surface area contributed by atoms with Crippen LogP contribution in [-0.4, -0.2) is 32.8 Å². The van der Waals surface area contributed by atoms with Gasteiger partial charge in [0.15, 0.2) is 27.1 Å². The van der Waals surface area contributed by atoms with Gasteiger partial charge in [-0.15, -0.1) is 0 Å². The molecule has 2 aromatic heterocycles. The minimum absolute atomic E-state index is 0.143. The predicted octanol–water partition coefficient (Wildman–Crippen LogP) is 4.60. The maximum absolute atomic E-state index is 12.8. The number of ether oxygens (including phenoxy) is 2. The van der Waals surface area contributed by atoms with Gasteiger partial charge in [-0.2, -0.15) is 4.98 Å². The maximum Gasteiger partial charge on any atom is 0.293 e. The Hall–Kier alpha value is -3.59. The first-order chi connectivity index (χ1) is 15.3. The second-order valence-corrected chi connectivity index (χ2v) is 9.24. The molecule has 4 rings (SSSR count). The molecule has 166 valence electrons. The first-order valence-electron chi connectivity index (χ1n) is 9.76. The Morgan fingerprint density at radius 2 is 1.72 bits per heavy atom. The highest BCUT2D eigenvalue weighted by molar-refractivity contribution is 7.90. The highest BCUT2D eigenvalue weighted by Gasteiger charge is 2.22. The van der Waals surface area contributed by atoms with Gasteiger partial charge in [0.25, 0.3) is 5.89 Å². The van der Waals surface area contributed by atoms with Crippen molar-refractivity contribution < 1.29 is 26.8 Å². The van der Waals surface area contributed by atoms with Gasteiger partial charge in [-0.1, -0.05) is 22.9 Å². The van der Waals surface area contributed by atoms with Gasteiger partial charge in [0.2, 0.25) is 5.82 Å². The number of aryl methyl sites for hydroxylation is 2. The van der Waals surface area contributed by atoms with Crippen LogP contribution in [0.25, 0.3) is 23.0 Å². The summed E-state index contributed by atoms with van der Waals surface area (Å²) in [7, 11) is -0.472. The van der Waals surface area contributed by atoms with Crippen LogP contribution in [0.4, 0.5) is 0 Å². The SMILES string of the molecule is COc1ccc(-c2noc(-c3ccc(CS(=O)(=O)c4ccc(C)cc4C)o3)n2)cc1OC. The van der Waals surface area contributed by atoms with Crippen molar-refractivity contribution in [3.05, 3.63) is 65.4 Å². The molecule has 0 spiro atoms. The topological polar surface area (TPSA) is 105 Å². The number of nitrogens with zero attached hydrogens (tertiary/aromatic N) is 2. The quantitative estimate of drug-likeness (QED) is 0.399. The fraction of sp³-hybridized carbons (Fsp3) is 0.217. The molecule has 0 unspecified atom stereocenters. The van der Waals surface area contributed by atoms with Gasteiger partial charge in [0, 0.05) is 5.56 Å². The van der Waals surface area contributed by atoms with E-state index in [-0.39, 0.29) is 28.1 Å². The van der Waals surface area contributed by atoms with Gasteiger partial charge in [-0.25, -0.2) is 8.42 Å². The first kappa shape index (κ1) is 21.6. The summed E-state index contributed by atoms with van der Waals surface area (Å²) in [6, 6.07) is 13.7. The van der Waals surface area contributed by atoms with Gasteiger partial charge in [0.05, 0.1) is 19.1 Å². The summed E-state index contributed by atoms with van der Waals surface area (Å²) in [4.78, 5) is 4.64. The summed E-state index contributed by atoms with van der Waals surface area (Å²) in [6.45, 7) is 3.70. The molecule has 0 aliphatic rings. The molecule has 9 heteroatoms. The Bertz CT molecular complexity index is 1370. The van der Waals surface area contributed by atoms with E-state index in [1.54, 1.807) is 63.6 Å². The van der Waals surface area contributed by atoms with Crippen LogP contribution in [0.2, 0.25) is 0 Å². The number of benzene rings is 2. The largest absolute Gasteiger partial charge is 0.493 e. The van der Waals surface area contributed by atoms with Crippen LogP contribution in [0, 0.1) is 13.8 Å². The van der Waals surface area contributed by atoms with Crippen molar-refractivity contribution >= 4 is 9.84 Å². The smallest absolute Gasteiger partial charge is 0.293 e. The lowest BCUT2D eigenvalue weighted by atomic mass is 10.2. The van der Waals surface area contributed by atoms with E-state index in [9.17, 15) is 8.42 Å². The Morgan fingerprint density at radius 1 is 0.938 bits per heavy atom. The van der Waals surface area contributed by atoms with E-state index < -0.39 is 9.84 Å². The van der Waals surface area contributed by atoms with Crippen LogP contribution in [0.1, 0.15) is 16.9 Å². The Labute approximate surface area is 185 Å². The fourth-order valence-electron chi connectivity index (χ4n) is 3.40. The molecule has 32 heavy (non-hydrogen) atoms. The molecule has 2 heterocycles. The molecule has 0 fully saturated rings. The number of aromatic nitrogens is 2. The second-order valence-electron chi connectivity index (χ2n) is 7.29. The van der Waals surface area contributed by atoms with Crippen LogP contribution < -0.4 is 9.47 Å². The molecule has 0 bridgehead atoms. The monoisotopic (exact) mass is 454 g/mol. The maximum atomic E-state index is 12.8. The van der Waals surface area contributed by atoms with E-state index in [0.29, 0.717) is 28.5 Å². The van der Waals surface area contributed by atoms with Crippen molar-refractivity contribution in [2.75, 3.05) is 14.2 Å². The van der Waals surface area contributed by atoms with Crippen LogP contribution in [0.15, 0.2) is 62.4 Å². The van der Waals surface area contributed by atoms with E-state index in [0.717, 1.165) is 5.56 Å². The van der Waals surface area contributed by atoms with Gasteiger partial charge in [-0.05, 0) is 55.8 Å². The summed E-state index contributed by atoms with van der Waals surface area (Å²) in [5.41, 5.74) is 2.37. The van der Waals surface area contributed by atoms with E-state index in [1.165, 1.54) is 0 Å². The summed E-state index contributed by atoms with van der Waals surface area (Å²) in [5.74, 6) is 1.90. The number of furan rings is 1. The summed E-state index contributed by atoms with van der Waals surface area (Å²) in [6.07, 6.45) is 0. The zero-order chi connectivity index (χ0) is 22.9. The van der Waals surface area contributed by atoms with E-state index >= 15 is 0 Å². The molecule has 0 amide bonds. The van der Waals surface area contributed by atoms with Crippen LogP contribution >= 0.6 is 0 Å². The Kier molecular flexibility index (Phi) is 5.75. The van der Waals surface area contributed by atoms with Crippen molar-refractivity contribution in [3.63, 3.8) is 0 Å². The summed E-state index contributed by atoms with van der Waals surface area (Å²) in [5, 5.41) is 3.98. The molecule has 0 saturated carbocycles. The Morgan fingerprint density at radius 3 is 2.44 bits per heavy atom. The van der Waals surface area contributed by atoms with Gasteiger partial charge < -0.3 is 18.4 Å². The van der Waals surface area contributed by atoms with E-state index in [1.807, 2.05) is 13.0 Å². The lowest BCUT2D eigenvalue weighted by Gasteiger charge is -2.07. The van der Waals surface area contributed by atoms with Crippen molar-refractivity contribution in [2.24, 2.45) is 0 Å². The van der Waals surface area contributed by atoms with Crippen molar-refractivity contribution in [2.45, 2.75) is 24.5 Å². The van der Waals surface area contributed by atoms with Crippen LogP contribution in [0.5, 0.6) is 11.5 Å². The minimum atomic E-state index is -3.57. The fourth-order valence-corrected chi connectivity index (χ4v) is 4.91. The molecule has 0 N–H and O–H groups in total. The van der Waals surface area contributed by atoms with Crippen molar-refractivity contribution in [1.29, 1.82) is 0 Å².